The number of carbonyl (C=O) groups excluding carboxylic acids is 2. The maximum absolute atomic E-state index is 11.4. The standard InChI is InChI=1S/C8H11Cl2N3O2/c9-1-3-13(4-2-10)6-5-11-8(15)12-7(6)14/h5-6H,1-4H2,(H,12,14,15). The number of alkyl halides is 2. The van der Waals surface area contributed by atoms with E-state index < -0.39 is 12.1 Å². The van der Waals surface area contributed by atoms with Crippen molar-refractivity contribution in [2.75, 3.05) is 24.8 Å². The van der Waals surface area contributed by atoms with Gasteiger partial charge in [0.15, 0.2) is 0 Å². The molecule has 0 saturated carbocycles. The average Bonchev–Trinajstić information content (AvgIpc) is 2.17. The maximum Gasteiger partial charge on any atom is 0.347 e. The van der Waals surface area contributed by atoms with Crippen LogP contribution >= 0.6 is 23.2 Å². The van der Waals surface area contributed by atoms with Crippen LogP contribution in [0.5, 0.6) is 0 Å². The van der Waals surface area contributed by atoms with Crippen LogP contribution in [0.15, 0.2) is 4.99 Å². The lowest BCUT2D eigenvalue weighted by atomic mass is 10.2. The Morgan fingerprint density at radius 2 is 1.93 bits per heavy atom. The molecule has 1 heterocycles. The second-order valence-electron chi connectivity index (χ2n) is 2.93. The van der Waals surface area contributed by atoms with Crippen molar-refractivity contribution in [1.29, 1.82) is 0 Å². The summed E-state index contributed by atoms with van der Waals surface area (Å²) in [7, 11) is 0. The third kappa shape index (κ3) is 3.44. The van der Waals surface area contributed by atoms with Crippen LogP contribution in [0.2, 0.25) is 0 Å². The van der Waals surface area contributed by atoms with E-state index in [4.69, 9.17) is 23.2 Å². The molecule has 15 heavy (non-hydrogen) atoms. The van der Waals surface area contributed by atoms with Crippen molar-refractivity contribution in [2.24, 2.45) is 4.99 Å². The van der Waals surface area contributed by atoms with Crippen molar-refractivity contribution >= 4 is 41.4 Å². The van der Waals surface area contributed by atoms with Crippen molar-refractivity contribution in [1.82, 2.24) is 10.2 Å². The number of amides is 3. The highest BCUT2D eigenvalue weighted by Crippen LogP contribution is 2.03. The van der Waals surface area contributed by atoms with Gasteiger partial charge in [-0.1, -0.05) is 0 Å². The number of hydrogen-bond donors (Lipinski definition) is 1. The number of rotatable bonds is 5. The quantitative estimate of drug-likeness (QED) is 0.723. The van der Waals surface area contributed by atoms with E-state index in [1.54, 1.807) is 4.90 Å². The normalized spacial score (nSPS) is 20.9. The summed E-state index contributed by atoms with van der Waals surface area (Å²) in [6, 6.07) is -1.19. The third-order valence-electron chi connectivity index (χ3n) is 1.97. The summed E-state index contributed by atoms with van der Waals surface area (Å²) in [6.07, 6.45) is 1.32. The molecule has 0 radical (unpaired) electrons. The van der Waals surface area contributed by atoms with Crippen molar-refractivity contribution < 1.29 is 9.59 Å². The van der Waals surface area contributed by atoms with Crippen LogP contribution in [0.25, 0.3) is 0 Å². The average molecular weight is 252 g/mol. The van der Waals surface area contributed by atoms with Gasteiger partial charge in [-0.25, -0.2) is 9.79 Å². The van der Waals surface area contributed by atoms with E-state index in [0.29, 0.717) is 24.8 Å². The topological polar surface area (TPSA) is 61.8 Å². The molecule has 1 unspecified atom stereocenters. The number of nitrogens with zero attached hydrogens (tertiary/aromatic N) is 2. The first-order chi connectivity index (χ1) is 7.19. The number of halogens is 2. The molecule has 0 fully saturated rings. The number of nitrogens with one attached hydrogen (secondary N) is 1. The molecule has 7 heteroatoms. The summed E-state index contributed by atoms with van der Waals surface area (Å²) in [4.78, 5) is 27.5. The van der Waals surface area contributed by atoms with Gasteiger partial charge in [-0.15, -0.1) is 23.2 Å². The number of imide groups is 1. The summed E-state index contributed by atoms with van der Waals surface area (Å²) in [5.74, 6) is 0.399. The zero-order chi connectivity index (χ0) is 11.3. The zero-order valence-electron chi connectivity index (χ0n) is 7.95. The van der Waals surface area contributed by atoms with Crippen LogP contribution in [-0.4, -0.2) is 53.9 Å². The number of carbonyl (C=O) groups is 2. The number of aliphatic imine (C=N–C) groups is 1. The maximum atomic E-state index is 11.4. The van der Waals surface area contributed by atoms with Crippen molar-refractivity contribution in [3.8, 4) is 0 Å². The lowest BCUT2D eigenvalue weighted by Gasteiger charge is -2.27. The minimum absolute atomic E-state index is 0.384. The van der Waals surface area contributed by atoms with Gasteiger partial charge in [0, 0.05) is 31.1 Å². The zero-order valence-corrected chi connectivity index (χ0v) is 9.46. The first-order valence-corrected chi connectivity index (χ1v) is 5.51. The molecule has 1 N–H and O–H groups in total. The van der Waals surface area contributed by atoms with Crippen molar-refractivity contribution in [2.45, 2.75) is 6.04 Å². The molecule has 1 aliphatic heterocycles. The molecule has 5 nitrogen and oxygen atoms in total. The van der Waals surface area contributed by atoms with Gasteiger partial charge in [0.05, 0.1) is 0 Å². The monoisotopic (exact) mass is 251 g/mol. The number of urea groups is 1. The van der Waals surface area contributed by atoms with Crippen LogP contribution < -0.4 is 5.32 Å². The lowest BCUT2D eigenvalue weighted by molar-refractivity contribution is -0.123. The van der Waals surface area contributed by atoms with Crippen LogP contribution in [-0.2, 0) is 4.79 Å². The van der Waals surface area contributed by atoms with E-state index in [0.717, 1.165) is 0 Å². The van der Waals surface area contributed by atoms with Crippen LogP contribution in [0.4, 0.5) is 4.79 Å². The van der Waals surface area contributed by atoms with Gasteiger partial charge in [0.25, 0.3) is 5.91 Å². The fourth-order valence-electron chi connectivity index (χ4n) is 1.28. The minimum atomic E-state index is -0.632. The Morgan fingerprint density at radius 3 is 2.40 bits per heavy atom. The Balaban J connectivity index is 2.69. The molecule has 84 valence electrons. The van der Waals surface area contributed by atoms with Gasteiger partial charge in [0.2, 0.25) is 0 Å². The lowest BCUT2D eigenvalue weighted by Crippen LogP contribution is -2.53. The second kappa shape index (κ2) is 6.05. The SMILES string of the molecule is O=C1N=CC(N(CCCl)CCCl)C(=O)N1. The molecule has 0 saturated heterocycles. The highest BCUT2D eigenvalue weighted by atomic mass is 35.5. The van der Waals surface area contributed by atoms with Crippen molar-refractivity contribution in [3.63, 3.8) is 0 Å². The summed E-state index contributed by atoms with van der Waals surface area (Å²) < 4.78 is 0. The molecular formula is C8H11Cl2N3O2. The fourth-order valence-corrected chi connectivity index (χ4v) is 1.72. The molecule has 1 rings (SSSR count). The van der Waals surface area contributed by atoms with E-state index >= 15 is 0 Å². The van der Waals surface area contributed by atoms with Crippen LogP contribution in [0, 0.1) is 0 Å². The van der Waals surface area contributed by atoms with E-state index in [1.807, 2.05) is 0 Å². The Bertz CT molecular complexity index is 277. The van der Waals surface area contributed by atoms with Crippen LogP contribution in [0.3, 0.4) is 0 Å². The first kappa shape index (κ1) is 12.4. The smallest absolute Gasteiger partial charge is 0.285 e. The molecule has 0 aromatic heterocycles. The van der Waals surface area contributed by atoms with Crippen LogP contribution in [0.1, 0.15) is 0 Å². The summed E-state index contributed by atoms with van der Waals surface area (Å²) in [5, 5.41) is 2.12. The molecule has 1 aliphatic rings. The van der Waals surface area contributed by atoms with E-state index in [2.05, 4.69) is 10.3 Å². The summed E-state index contributed by atoms with van der Waals surface area (Å²) in [6.45, 7) is 1.04. The predicted octanol–water partition coefficient (Wildman–Crippen LogP) is 0.455. The van der Waals surface area contributed by atoms with E-state index in [1.165, 1.54) is 6.21 Å². The molecule has 0 aliphatic carbocycles. The van der Waals surface area contributed by atoms with Gasteiger partial charge in [-0.05, 0) is 0 Å². The van der Waals surface area contributed by atoms with Gasteiger partial charge in [-0.2, -0.15) is 0 Å². The third-order valence-corrected chi connectivity index (χ3v) is 2.31. The predicted molar refractivity (Wildman–Crippen MR) is 58.8 cm³/mol. The van der Waals surface area contributed by atoms with Gasteiger partial charge in [0.1, 0.15) is 6.04 Å². The second-order valence-corrected chi connectivity index (χ2v) is 3.69. The highest BCUT2D eigenvalue weighted by Gasteiger charge is 2.28. The molecule has 0 aromatic rings. The minimum Gasteiger partial charge on any atom is -0.285 e. The summed E-state index contributed by atoms with van der Waals surface area (Å²) in [5.41, 5.74) is 0. The Labute approximate surface area is 97.4 Å². The Morgan fingerprint density at radius 1 is 1.33 bits per heavy atom. The van der Waals surface area contributed by atoms with Gasteiger partial charge < -0.3 is 0 Å². The number of hydrogen-bond acceptors (Lipinski definition) is 3. The van der Waals surface area contributed by atoms with Gasteiger partial charge in [-0.3, -0.25) is 15.0 Å². The molecule has 0 aromatic carbocycles. The molecule has 1 atom stereocenters. The molecule has 0 spiro atoms. The van der Waals surface area contributed by atoms with Gasteiger partial charge >= 0.3 is 6.03 Å². The molecular weight excluding hydrogens is 241 g/mol. The van der Waals surface area contributed by atoms with E-state index in [-0.39, 0.29) is 5.91 Å². The Hall–Kier alpha value is -0.650. The highest BCUT2D eigenvalue weighted by molar-refractivity contribution is 6.18. The van der Waals surface area contributed by atoms with Crippen molar-refractivity contribution in [3.05, 3.63) is 0 Å². The molecule has 0 bridgehead atoms. The molecule has 3 amide bonds. The summed E-state index contributed by atoms with van der Waals surface area (Å²) >= 11 is 11.2. The fraction of sp³-hybridized carbons (Fsp3) is 0.625. The Kier molecular flexibility index (Phi) is 5.01. The van der Waals surface area contributed by atoms with E-state index in [9.17, 15) is 9.59 Å². The largest absolute Gasteiger partial charge is 0.347 e. The first-order valence-electron chi connectivity index (χ1n) is 4.44.